The Kier molecular flexibility index (Phi) is 4.88. The van der Waals surface area contributed by atoms with E-state index in [-0.39, 0.29) is 5.41 Å². The van der Waals surface area contributed by atoms with Gasteiger partial charge < -0.3 is 4.74 Å². The summed E-state index contributed by atoms with van der Waals surface area (Å²) < 4.78 is 5.42. The summed E-state index contributed by atoms with van der Waals surface area (Å²) in [6, 6.07) is 6.32. The topological polar surface area (TPSA) is 9.23 Å². The van der Waals surface area contributed by atoms with Gasteiger partial charge in [0.1, 0.15) is 5.75 Å². The Bertz CT molecular complexity index is 366. The number of alkyl halides is 1. The van der Waals surface area contributed by atoms with Gasteiger partial charge in [-0.1, -0.05) is 38.5 Å². The fourth-order valence-corrected chi connectivity index (χ4v) is 2.50. The number of halogens is 1. The van der Waals surface area contributed by atoms with E-state index in [0.717, 1.165) is 12.2 Å². The van der Waals surface area contributed by atoms with Crippen molar-refractivity contribution in [3.05, 3.63) is 29.3 Å². The number of hydrogen-bond acceptors (Lipinski definition) is 1. The van der Waals surface area contributed by atoms with Crippen LogP contribution in [0.3, 0.4) is 0 Å². The molecule has 96 valence electrons. The average molecular weight is 255 g/mol. The number of aryl methyl sites for hydroxylation is 1. The highest BCUT2D eigenvalue weighted by Crippen LogP contribution is 2.33. The van der Waals surface area contributed by atoms with Crippen LogP contribution in [0.1, 0.15) is 31.9 Å². The molecule has 0 aliphatic rings. The molecule has 2 heteroatoms. The van der Waals surface area contributed by atoms with E-state index >= 15 is 0 Å². The molecule has 0 aliphatic carbocycles. The summed E-state index contributed by atoms with van der Waals surface area (Å²) in [5.41, 5.74) is 2.74. The van der Waals surface area contributed by atoms with Crippen molar-refractivity contribution in [3.8, 4) is 5.75 Å². The lowest BCUT2D eigenvalue weighted by molar-refractivity contribution is 0.261. The van der Waals surface area contributed by atoms with Crippen LogP contribution in [0.2, 0.25) is 0 Å². The Hall–Kier alpha value is -0.690. The predicted octanol–water partition coefficient (Wildman–Crippen LogP) is 4.45. The molecule has 0 heterocycles. The van der Waals surface area contributed by atoms with Crippen molar-refractivity contribution in [2.75, 3.05) is 13.0 Å². The molecule has 1 atom stereocenters. The van der Waals surface area contributed by atoms with E-state index in [9.17, 15) is 0 Å². The van der Waals surface area contributed by atoms with Crippen LogP contribution < -0.4 is 4.74 Å². The standard InChI is InChI=1S/C15H23ClO/c1-11-6-7-14(17-5)12(8-11)9-13(10-16)15(2,3)4/h6-8,13H,9-10H2,1-5H3. The maximum atomic E-state index is 6.10. The van der Waals surface area contributed by atoms with Gasteiger partial charge in [0.2, 0.25) is 0 Å². The fourth-order valence-electron chi connectivity index (χ4n) is 1.92. The number of methoxy groups -OCH3 is 1. The highest BCUT2D eigenvalue weighted by molar-refractivity contribution is 6.18. The maximum absolute atomic E-state index is 6.10. The van der Waals surface area contributed by atoms with Gasteiger partial charge in [0.05, 0.1) is 7.11 Å². The van der Waals surface area contributed by atoms with Crippen LogP contribution in [0.4, 0.5) is 0 Å². The molecule has 0 spiro atoms. The second-order valence-corrected chi connectivity index (χ2v) is 6.05. The van der Waals surface area contributed by atoms with Gasteiger partial charge >= 0.3 is 0 Å². The van der Waals surface area contributed by atoms with E-state index in [1.54, 1.807) is 7.11 Å². The highest BCUT2D eigenvalue weighted by atomic mass is 35.5. The van der Waals surface area contributed by atoms with Gasteiger partial charge in [0.15, 0.2) is 0 Å². The van der Waals surface area contributed by atoms with Gasteiger partial charge in [-0.15, -0.1) is 11.6 Å². The first kappa shape index (κ1) is 14.4. The summed E-state index contributed by atoms with van der Waals surface area (Å²) in [5, 5.41) is 0. The molecule has 0 amide bonds. The average Bonchev–Trinajstić information content (AvgIpc) is 2.24. The zero-order chi connectivity index (χ0) is 13.1. The molecule has 1 nitrogen and oxygen atoms in total. The summed E-state index contributed by atoms with van der Waals surface area (Å²) in [7, 11) is 1.72. The predicted molar refractivity (Wildman–Crippen MR) is 75.1 cm³/mol. The summed E-state index contributed by atoms with van der Waals surface area (Å²) >= 11 is 6.10. The van der Waals surface area contributed by atoms with Crippen LogP contribution in [0, 0.1) is 18.3 Å². The first-order chi connectivity index (χ1) is 7.88. The van der Waals surface area contributed by atoms with Gasteiger partial charge in [-0.05, 0) is 36.3 Å². The molecule has 17 heavy (non-hydrogen) atoms. The van der Waals surface area contributed by atoms with Crippen molar-refractivity contribution in [1.29, 1.82) is 0 Å². The molecule has 0 radical (unpaired) electrons. The Morgan fingerprint density at radius 1 is 1.29 bits per heavy atom. The second kappa shape index (κ2) is 5.77. The summed E-state index contributed by atoms with van der Waals surface area (Å²) in [5.74, 6) is 2.11. The molecule has 0 saturated heterocycles. The molecule has 1 aromatic carbocycles. The van der Waals surface area contributed by atoms with E-state index in [4.69, 9.17) is 16.3 Å². The third kappa shape index (κ3) is 3.92. The smallest absolute Gasteiger partial charge is 0.122 e. The van der Waals surface area contributed by atoms with E-state index in [1.165, 1.54) is 11.1 Å². The van der Waals surface area contributed by atoms with Crippen LogP contribution in [0.25, 0.3) is 0 Å². The summed E-state index contributed by atoms with van der Waals surface area (Å²) in [6.07, 6.45) is 0.970. The first-order valence-electron chi connectivity index (χ1n) is 6.08. The lowest BCUT2D eigenvalue weighted by Crippen LogP contribution is -2.24. The number of rotatable bonds is 4. The SMILES string of the molecule is COc1ccc(C)cc1CC(CCl)C(C)(C)C. The first-order valence-corrected chi connectivity index (χ1v) is 6.61. The normalized spacial score (nSPS) is 13.5. The molecular formula is C15H23ClO. The van der Waals surface area contributed by atoms with Crippen LogP contribution in [-0.2, 0) is 6.42 Å². The lowest BCUT2D eigenvalue weighted by Gasteiger charge is -2.29. The third-order valence-corrected chi connectivity index (χ3v) is 3.69. The van der Waals surface area contributed by atoms with Crippen molar-refractivity contribution in [2.24, 2.45) is 11.3 Å². The Morgan fingerprint density at radius 3 is 2.41 bits per heavy atom. The number of ether oxygens (including phenoxy) is 1. The quantitative estimate of drug-likeness (QED) is 0.722. The van der Waals surface area contributed by atoms with Crippen molar-refractivity contribution in [2.45, 2.75) is 34.1 Å². The third-order valence-electron chi connectivity index (χ3n) is 3.31. The maximum Gasteiger partial charge on any atom is 0.122 e. The van der Waals surface area contributed by atoms with Gasteiger partial charge in [0, 0.05) is 5.88 Å². The van der Waals surface area contributed by atoms with Crippen LogP contribution in [0.15, 0.2) is 18.2 Å². The minimum Gasteiger partial charge on any atom is -0.496 e. The largest absolute Gasteiger partial charge is 0.496 e. The lowest BCUT2D eigenvalue weighted by atomic mass is 9.78. The Labute approximate surface area is 110 Å². The molecule has 0 aliphatic heterocycles. The van der Waals surface area contributed by atoms with Crippen LogP contribution in [0.5, 0.6) is 5.75 Å². The van der Waals surface area contributed by atoms with Crippen LogP contribution in [-0.4, -0.2) is 13.0 Å². The Balaban J connectivity index is 2.96. The molecule has 0 fully saturated rings. The molecular weight excluding hydrogens is 232 g/mol. The van der Waals surface area contributed by atoms with E-state index in [1.807, 2.05) is 6.07 Å². The van der Waals surface area contributed by atoms with E-state index in [2.05, 4.69) is 39.8 Å². The molecule has 0 aromatic heterocycles. The highest BCUT2D eigenvalue weighted by Gasteiger charge is 2.25. The van der Waals surface area contributed by atoms with Gasteiger partial charge in [-0.25, -0.2) is 0 Å². The zero-order valence-corrected chi connectivity index (χ0v) is 12.3. The van der Waals surface area contributed by atoms with Crippen molar-refractivity contribution in [1.82, 2.24) is 0 Å². The van der Waals surface area contributed by atoms with Gasteiger partial charge in [-0.2, -0.15) is 0 Å². The zero-order valence-electron chi connectivity index (χ0n) is 11.5. The molecule has 0 bridgehead atoms. The number of benzene rings is 1. The monoisotopic (exact) mass is 254 g/mol. The Morgan fingerprint density at radius 2 is 1.94 bits per heavy atom. The van der Waals surface area contributed by atoms with E-state index < -0.39 is 0 Å². The fraction of sp³-hybridized carbons (Fsp3) is 0.600. The molecule has 0 N–H and O–H groups in total. The minimum absolute atomic E-state index is 0.219. The second-order valence-electron chi connectivity index (χ2n) is 5.74. The minimum atomic E-state index is 0.219. The molecule has 1 unspecified atom stereocenters. The molecule has 0 saturated carbocycles. The van der Waals surface area contributed by atoms with Crippen LogP contribution >= 0.6 is 11.6 Å². The molecule has 1 rings (SSSR count). The summed E-state index contributed by atoms with van der Waals surface area (Å²) in [4.78, 5) is 0. The van der Waals surface area contributed by atoms with Crippen molar-refractivity contribution in [3.63, 3.8) is 0 Å². The number of hydrogen-bond donors (Lipinski definition) is 0. The van der Waals surface area contributed by atoms with Gasteiger partial charge in [0.25, 0.3) is 0 Å². The van der Waals surface area contributed by atoms with Crippen molar-refractivity contribution >= 4 is 11.6 Å². The summed E-state index contributed by atoms with van der Waals surface area (Å²) in [6.45, 7) is 8.82. The molecule has 1 aromatic rings. The van der Waals surface area contributed by atoms with Crippen molar-refractivity contribution < 1.29 is 4.74 Å². The van der Waals surface area contributed by atoms with E-state index in [0.29, 0.717) is 11.8 Å². The van der Waals surface area contributed by atoms with Gasteiger partial charge in [-0.3, -0.25) is 0 Å².